The van der Waals surface area contributed by atoms with Gasteiger partial charge in [0.05, 0.1) is 5.56 Å². The van der Waals surface area contributed by atoms with Gasteiger partial charge < -0.3 is 5.32 Å². The first kappa shape index (κ1) is 15.5. The number of hydrogen-bond acceptors (Lipinski definition) is 3. The van der Waals surface area contributed by atoms with Gasteiger partial charge in [-0.3, -0.25) is 14.3 Å². The Labute approximate surface area is 131 Å². The van der Waals surface area contributed by atoms with Crippen LogP contribution in [-0.2, 0) is 13.0 Å². The van der Waals surface area contributed by atoms with Crippen LogP contribution >= 0.6 is 0 Å². The Morgan fingerprint density at radius 3 is 2.74 bits per heavy atom. The Kier molecular flexibility index (Phi) is 4.02. The van der Waals surface area contributed by atoms with Crippen molar-refractivity contribution in [3.63, 3.8) is 0 Å². The van der Waals surface area contributed by atoms with Crippen molar-refractivity contribution in [3.8, 4) is 0 Å². The number of hydrogen-bond donors (Lipinski definition) is 2. The van der Waals surface area contributed by atoms with Gasteiger partial charge in [0.15, 0.2) is 11.6 Å². The minimum absolute atomic E-state index is 0.0736. The summed E-state index contributed by atoms with van der Waals surface area (Å²) in [6.07, 6.45) is 1.07. The van der Waals surface area contributed by atoms with Crippen LogP contribution in [-0.4, -0.2) is 16.1 Å². The largest absolute Gasteiger partial charge is 0.371 e. The van der Waals surface area contributed by atoms with Gasteiger partial charge in [0.1, 0.15) is 5.82 Å². The molecule has 122 valence electrons. The second kappa shape index (κ2) is 5.98. The number of aromatic nitrogens is 2. The van der Waals surface area contributed by atoms with Gasteiger partial charge >= 0.3 is 5.69 Å². The van der Waals surface area contributed by atoms with Crippen LogP contribution in [0.1, 0.15) is 30.4 Å². The molecular formula is C16H17F2N3O2. The van der Waals surface area contributed by atoms with Crippen molar-refractivity contribution in [1.29, 1.82) is 0 Å². The summed E-state index contributed by atoms with van der Waals surface area (Å²) in [5, 5.41) is 3.06. The van der Waals surface area contributed by atoms with E-state index in [0.29, 0.717) is 42.9 Å². The molecule has 2 aromatic rings. The molecule has 5 nitrogen and oxygen atoms in total. The Balaban J connectivity index is 1.94. The van der Waals surface area contributed by atoms with E-state index in [9.17, 15) is 18.4 Å². The van der Waals surface area contributed by atoms with E-state index in [-0.39, 0.29) is 11.5 Å². The van der Waals surface area contributed by atoms with Crippen molar-refractivity contribution in [3.05, 3.63) is 61.8 Å². The van der Waals surface area contributed by atoms with Crippen LogP contribution in [0, 0.1) is 11.6 Å². The molecule has 7 heteroatoms. The molecule has 0 saturated heterocycles. The van der Waals surface area contributed by atoms with E-state index in [0.717, 1.165) is 10.6 Å². The summed E-state index contributed by atoms with van der Waals surface area (Å²) in [6, 6.07) is 3.84. The van der Waals surface area contributed by atoms with E-state index in [4.69, 9.17) is 0 Å². The van der Waals surface area contributed by atoms with Crippen LogP contribution in [0.4, 0.5) is 14.6 Å². The minimum atomic E-state index is -0.883. The maximum Gasteiger partial charge on any atom is 0.329 e. The van der Waals surface area contributed by atoms with Gasteiger partial charge in [-0.05, 0) is 37.5 Å². The number of benzene rings is 1. The maximum atomic E-state index is 13.4. The van der Waals surface area contributed by atoms with Crippen LogP contribution in [0.3, 0.4) is 0 Å². The van der Waals surface area contributed by atoms with Crippen molar-refractivity contribution in [2.45, 2.75) is 32.2 Å². The highest BCUT2D eigenvalue weighted by atomic mass is 19.2. The monoisotopic (exact) mass is 321 g/mol. The number of H-pyrrole nitrogens is 1. The lowest BCUT2D eigenvalue weighted by Gasteiger charge is -2.15. The average Bonchev–Trinajstić information content (AvgIpc) is 2.73. The van der Waals surface area contributed by atoms with Gasteiger partial charge in [-0.1, -0.05) is 6.07 Å². The molecule has 23 heavy (non-hydrogen) atoms. The molecule has 1 atom stereocenters. The SMILES string of the molecule is CCn1c(=O)[nH]c2c(c1=O)CC[C@@H](c1ccc(F)c(F)c1)CN2. The fourth-order valence-electron chi connectivity index (χ4n) is 2.98. The predicted octanol–water partition coefficient (Wildman–Crippen LogP) is 1.98. The van der Waals surface area contributed by atoms with E-state index >= 15 is 0 Å². The molecule has 0 fully saturated rings. The molecule has 0 saturated carbocycles. The molecule has 0 amide bonds. The zero-order valence-electron chi connectivity index (χ0n) is 12.7. The number of anilines is 1. The number of halogens is 2. The zero-order valence-corrected chi connectivity index (χ0v) is 12.7. The summed E-state index contributed by atoms with van der Waals surface area (Å²) in [7, 11) is 0. The predicted molar refractivity (Wildman–Crippen MR) is 82.9 cm³/mol. The first-order valence-electron chi connectivity index (χ1n) is 7.56. The van der Waals surface area contributed by atoms with Crippen LogP contribution < -0.4 is 16.6 Å². The number of nitrogens with zero attached hydrogens (tertiary/aromatic N) is 1. The molecule has 0 spiro atoms. The minimum Gasteiger partial charge on any atom is -0.371 e. The molecule has 0 aliphatic carbocycles. The number of nitrogens with one attached hydrogen (secondary N) is 2. The molecular weight excluding hydrogens is 304 g/mol. The summed E-state index contributed by atoms with van der Waals surface area (Å²) in [4.78, 5) is 26.9. The normalized spacial score (nSPS) is 17.3. The molecule has 0 bridgehead atoms. The molecule has 2 heterocycles. The van der Waals surface area contributed by atoms with E-state index in [1.165, 1.54) is 6.07 Å². The summed E-state index contributed by atoms with van der Waals surface area (Å²) in [6.45, 7) is 2.47. The molecule has 1 aromatic carbocycles. The van der Waals surface area contributed by atoms with E-state index < -0.39 is 17.3 Å². The van der Waals surface area contributed by atoms with Gasteiger partial charge in [0.2, 0.25) is 0 Å². The number of fused-ring (bicyclic) bond motifs is 1. The summed E-state index contributed by atoms with van der Waals surface area (Å²) in [5.41, 5.74) is 0.443. The second-order valence-electron chi connectivity index (χ2n) is 5.62. The van der Waals surface area contributed by atoms with Crippen molar-refractivity contribution >= 4 is 5.82 Å². The first-order valence-corrected chi connectivity index (χ1v) is 7.56. The third-order valence-corrected chi connectivity index (χ3v) is 4.28. The third-order valence-electron chi connectivity index (χ3n) is 4.28. The Morgan fingerprint density at radius 1 is 1.26 bits per heavy atom. The smallest absolute Gasteiger partial charge is 0.329 e. The molecule has 1 aliphatic heterocycles. The highest BCUT2D eigenvalue weighted by molar-refractivity contribution is 5.44. The molecule has 3 rings (SSSR count). The highest BCUT2D eigenvalue weighted by Gasteiger charge is 2.22. The van der Waals surface area contributed by atoms with Crippen molar-refractivity contribution in [1.82, 2.24) is 9.55 Å². The Bertz CT molecular complexity index is 857. The van der Waals surface area contributed by atoms with Crippen molar-refractivity contribution in [2.24, 2.45) is 0 Å². The Hall–Kier alpha value is -2.44. The zero-order chi connectivity index (χ0) is 16.6. The molecule has 1 aliphatic rings. The third kappa shape index (κ3) is 2.78. The fraction of sp³-hybridized carbons (Fsp3) is 0.375. The first-order chi connectivity index (χ1) is 11.0. The molecule has 2 N–H and O–H groups in total. The van der Waals surface area contributed by atoms with E-state index in [1.54, 1.807) is 13.0 Å². The second-order valence-corrected chi connectivity index (χ2v) is 5.62. The van der Waals surface area contributed by atoms with E-state index in [2.05, 4.69) is 10.3 Å². The van der Waals surface area contributed by atoms with Crippen LogP contribution in [0.2, 0.25) is 0 Å². The van der Waals surface area contributed by atoms with Gasteiger partial charge in [-0.2, -0.15) is 0 Å². The summed E-state index contributed by atoms with van der Waals surface area (Å²) in [5.74, 6) is -1.41. The van der Waals surface area contributed by atoms with Crippen molar-refractivity contribution < 1.29 is 8.78 Å². The van der Waals surface area contributed by atoms with Gasteiger partial charge in [-0.25, -0.2) is 13.6 Å². The lowest BCUT2D eigenvalue weighted by atomic mass is 9.93. The van der Waals surface area contributed by atoms with E-state index in [1.807, 2.05) is 0 Å². The van der Waals surface area contributed by atoms with Crippen LogP contribution in [0.15, 0.2) is 27.8 Å². The highest BCUT2D eigenvalue weighted by Crippen LogP contribution is 2.27. The maximum absolute atomic E-state index is 13.4. The quantitative estimate of drug-likeness (QED) is 0.889. The molecule has 0 radical (unpaired) electrons. The van der Waals surface area contributed by atoms with Crippen LogP contribution in [0.25, 0.3) is 0 Å². The number of aromatic amines is 1. The number of rotatable bonds is 2. The standard InChI is InChI=1S/C16H17F2N3O2/c1-2-21-15(22)11-5-3-10(8-19-14(11)20-16(21)23)9-4-6-12(17)13(18)7-9/h4,6-7,10,19H,2-3,5,8H2,1H3,(H,20,23)/t10-/m1/s1. The topological polar surface area (TPSA) is 66.9 Å². The van der Waals surface area contributed by atoms with Crippen LogP contribution in [0.5, 0.6) is 0 Å². The molecule has 0 unspecified atom stereocenters. The fourth-order valence-corrected chi connectivity index (χ4v) is 2.98. The summed E-state index contributed by atoms with van der Waals surface area (Å²) < 4.78 is 27.6. The van der Waals surface area contributed by atoms with Gasteiger partial charge in [0.25, 0.3) is 5.56 Å². The molecule has 1 aromatic heterocycles. The van der Waals surface area contributed by atoms with Crippen molar-refractivity contribution in [2.75, 3.05) is 11.9 Å². The van der Waals surface area contributed by atoms with Gasteiger partial charge in [0, 0.05) is 19.0 Å². The van der Waals surface area contributed by atoms with Gasteiger partial charge in [-0.15, -0.1) is 0 Å². The summed E-state index contributed by atoms with van der Waals surface area (Å²) >= 11 is 0. The Morgan fingerprint density at radius 2 is 2.04 bits per heavy atom. The lowest BCUT2D eigenvalue weighted by molar-refractivity contribution is 0.504. The lowest BCUT2D eigenvalue weighted by Crippen LogP contribution is -2.37. The average molecular weight is 321 g/mol.